The Morgan fingerprint density at radius 1 is 1.41 bits per heavy atom. The molecule has 5 nitrogen and oxygen atoms in total. The maximum absolute atomic E-state index is 11.4. The quantitative estimate of drug-likeness (QED) is 0.372. The van der Waals surface area contributed by atoms with E-state index in [4.69, 9.17) is 0 Å². The first-order valence-electron chi connectivity index (χ1n) is 4.68. The number of carbonyl (C=O) groups excluding carboxylic acids is 1. The molecule has 7 heteroatoms. The van der Waals surface area contributed by atoms with Gasteiger partial charge in [0.2, 0.25) is 0 Å². The van der Waals surface area contributed by atoms with Crippen LogP contribution in [0.15, 0.2) is 29.2 Å². The van der Waals surface area contributed by atoms with Crippen LogP contribution < -0.4 is 5.32 Å². The highest BCUT2D eigenvalue weighted by Gasteiger charge is 2.24. The molecule has 0 spiro atoms. The Bertz CT molecular complexity index is 499. The highest BCUT2D eigenvalue weighted by molar-refractivity contribution is 8.14. The van der Waals surface area contributed by atoms with Crippen LogP contribution in [0.4, 0.5) is 5.69 Å². The van der Waals surface area contributed by atoms with Gasteiger partial charge in [-0.05, 0) is 23.8 Å². The zero-order valence-corrected chi connectivity index (χ0v) is 10.2. The van der Waals surface area contributed by atoms with Crippen molar-refractivity contribution in [1.82, 2.24) is 5.32 Å². The van der Waals surface area contributed by atoms with Crippen molar-refractivity contribution in [2.45, 2.75) is 4.71 Å². The van der Waals surface area contributed by atoms with E-state index < -0.39 is 4.92 Å². The largest absolute Gasteiger partial charge is 0.331 e. The van der Waals surface area contributed by atoms with E-state index in [1.807, 2.05) is 0 Å². The number of hydrogen-bond donors (Lipinski definition) is 2. The Labute approximate surface area is 107 Å². The summed E-state index contributed by atoms with van der Waals surface area (Å²) in [7, 11) is 0. The molecule has 1 aromatic carbocycles. The lowest BCUT2D eigenvalue weighted by Gasteiger charge is -1.95. The van der Waals surface area contributed by atoms with Gasteiger partial charge < -0.3 is 5.32 Å². The molecule has 1 atom stereocenters. The van der Waals surface area contributed by atoms with Crippen LogP contribution >= 0.6 is 24.4 Å². The Morgan fingerprint density at radius 3 is 2.53 bits per heavy atom. The molecule has 1 amide bonds. The molecule has 17 heavy (non-hydrogen) atoms. The van der Waals surface area contributed by atoms with Crippen molar-refractivity contribution < 1.29 is 9.72 Å². The number of carbonyl (C=O) groups is 1. The zero-order chi connectivity index (χ0) is 12.4. The summed E-state index contributed by atoms with van der Waals surface area (Å²) >= 11 is 5.43. The minimum Gasteiger partial charge on any atom is -0.331 e. The second kappa shape index (κ2) is 4.80. The summed E-state index contributed by atoms with van der Waals surface area (Å²) < 4.78 is -0.230. The van der Waals surface area contributed by atoms with E-state index in [9.17, 15) is 14.9 Å². The number of nitro groups is 1. The summed E-state index contributed by atoms with van der Waals surface area (Å²) in [6.07, 6.45) is 1.68. The molecule has 0 aromatic heterocycles. The number of thiol groups is 1. The van der Waals surface area contributed by atoms with Crippen LogP contribution in [0.3, 0.4) is 0 Å². The number of thioether (sulfide) groups is 1. The Kier molecular flexibility index (Phi) is 3.39. The molecule has 2 rings (SSSR count). The van der Waals surface area contributed by atoms with E-state index >= 15 is 0 Å². The summed E-state index contributed by atoms with van der Waals surface area (Å²) in [6.45, 7) is 0. The van der Waals surface area contributed by atoms with Gasteiger partial charge in [-0.2, -0.15) is 0 Å². The Balaban J connectivity index is 2.21. The average molecular weight is 268 g/mol. The van der Waals surface area contributed by atoms with Gasteiger partial charge in [0.05, 0.1) is 9.83 Å². The molecule has 1 aliphatic heterocycles. The SMILES string of the molecule is O=C1NC(S)S/C1=C\c1ccc([N+](=O)[O-])cc1. The maximum atomic E-state index is 11.4. The number of nitrogens with zero attached hydrogens (tertiary/aromatic N) is 1. The Hall–Kier alpha value is -1.47. The molecule has 1 aliphatic rings. The summed E-state index contributed by atoms with van der Waals surface area (Å²) in [4.78, 5) is 22.0. The lowest BCUT2D eigenvalue weighted by Crippen LogP contribution is -2.19. The van der Waals surface area contributed by atoms with Gasteiger partial charge in [0.15, 0.2) is 0 Å². The first-order chi connectivity index (χ1) is 8.06. The molecule has 0 saturated carbocycles. The predicted octanol–water partition coefficient (Wildman–Crippen LogP) is 2.01. The maximum Gasteiger partial charge on any atom is 0.269 e. The van der Waals surface area contributed by atoms with E-state index in [-0.39, 0.29) is 16.3 Å². The number of benzene rings is 1. The highest BCUT2D eigenvalue weighted by atomic mass is 32.2. The molecule has 1 saturated heterocycles. The third kappa shape index (κ3) is 2.80. The first-order valence-corrected chi connectivity index (χ1v) is 6.07. The Morgan fingerprint density at radius 2 is 2.06 bits per heavy atom. The van der Waals surface area contributed by atoms with Crippen molar-refractivity contribution in [3.05, 3.63) is 44.8 Å². The van der Waals surface area contributed by atoms with Crippen LogP contribution in [0.25, 0.3) is 6.08 Å². The van der Waals surface area contributed by atoms with Crippen molar-refractivity contribution in [2.24, 2.45) is 0 Å². The lowest BCUT2D eigenvalue weighted by atomic mass is 10.2. The monoisotopic (exact) mass is 268 g/mol. The van der Waals surface area contributed by atoms with Gasteiger partial charge in [-0.3, -0.25) is 14.9 Å². The third-order valence-electron chi connectivity index (χ3n) is 2.12. The molecule has 0 radical (unpaired) electrons. The van der Waals surface area contributed by atoms with Crippen molar-refractivity contribution in [3.63, 3.8) is 0 Å². The minimum absolute atomic E-state index is 0.0303. The number of nitro benzene ring substituents is 1. The van der Waals surface area contributed by atoms with Gasteiger partial charge in [0, 0.05) is 12.1 Å². The summed E-state index contributed by atoms with van der Waals surface area (Å²) in [5.41, 5.74) is 0.776. The van der Waals surface area contributed by atoms with Crippen LogP contribution in [0.5, 0.6) is 0 Å². The van der Waals surface area contributed by atoms with Gasteiger partial charge in [0.25, 0.3) is 11.6 Å². The van der Waals surface area contributed by atoms with Crippen molar-refractivity contribution in [3.8, 4) is 0 Å². The molecule has 1 heterocycles. The third-order valence-corrected chi connectivity index (χ3v) is 3.46. The molecular formula is C10H8N2O3S2. The van der Waals surface area contributed by atoms with Crippen LogP contribution in [0.1, 0.15) is 5.56 Å². The summed E-state index contributed by atoms with van der Waals surface area (Å²) in [5.74, 6) is -0.173. The van der Waals surface area contributed by atoms with Gasteiger partial charge in [-0.15, -0.1) is 12.6 Å². The van der Waals surface area contributed by atoms with E-state index in [1.54, 1.807) is 18.2 Å². The number of rotatable bonds is 2. The molecule has 0 aliphatic carbocycles. The van der Waals surface area contributed by atoms with Gasteiger partial charge >= 0.3 is 0 Å². The fraction of sp³-hybridized carbons (Fsp3) is 0.100. The molecule has 1 unspecified atom stereocenters. The smallest absolute Gasteiger partial charge is 0.269 e. The van der Waals surface area contributed by atoms with Crippen molar-refractivity contribution in [2.75, 3.05) is 0 Å². The van der Waals surface area contributed by atoms with E-state index in [1.165, 1.54) is 23.9 Å². The number of hydrogen-bond acceptors (Lipinski definition) is 5. The topological polar surface area (TPSA) is 72.2 Å². The van der Waals surface area contributed by atoms with Crippen LogP contribution in [-0.2, 0) is 4.79 Å². The molecule has 0 bridgehead atoms. The number of non-ortho nitro benzene ring substituents is 1. The van der Waals surface area contributed by atoms with Crippen LogP contribution in [0, 0.1) is 10.1 Å². The van der Waals surface area contributed by atoms with Crippen LogP contribution in [0.2, 0.25) is 0 Å². The molecule has 1 aromatic rings. The number of amides is 1. The van der Waals surface area contributed by atoms with Crippen molar-refractivity contribution >= 4 is 42.1 Å². The van der Waals surface area contributed by atoms with Crippen LogP contribution in [-0.4, -0.2) is 15.5 Å². The van der Waals surface area contributed by atoms with Gasteiger partial charge in [-0.25, -0.2) is 0 Å². The average Bonchev–Trinajstić information content (AvgIpc) is 2.58. The zero-order valence-electron chi connectivity index (χ0n) is 8.49. The number of nitrogens with one attached hydrogen (secondary N) is 1. The molecule has 1 fully saturated rings. The van der Waals surface area contributed by atoms with E-state index in [0.717, 1.165) is 5.56 Å². The highest BCUT2D eigenvalue weighted by Crippen LogP contribution is 2.31. The van der Waals surface area contributed by atoms with E-state index in [0.29, 0.717) is 4.91 Å². The van der Waals surface area contributed by atoms with Gasteiger partial charge in [0.1, 0.15) is 4.71 Å². The molecule has 1 N–H and O–H groups in total. The summed E-state index contributed by atoms with van der Waals surface area (Å²) in [5, 5.41) is 13.1. The molecular weight excluding hydrogens is 260 g/mol. The standard InChI is InChI=1S/C10H8N2O3S2/c13-9-8(17-10(16)11-9)5-6-1-3-7(4-2-6)12(14)15/h1-5,10,16H,(H,11,13)/b8-5-. The fourth-order valence-electron chi connectivity index (χ4n) is 1.33. The van der Waals surface area contributed by atoms with E-state index in [2.05, 4.69) is 17.9 Å². The van der Waals surface area contributed by atoms with Crippen molar-refractivity contribution in [1.29, 1.82) is 0 Å². The summed E-state index contributed by atoms with van der Waals surface area (Å²) in [6, 6.07) is 6.01. The van der Waals surface area contributed by atoms with Gasteiger partial charge in [-0.1, -0.05) is 11.8 Å². The second-order valence-electron chi connectivity index (χ2n) is 3.30. The normalized spacial score (nSPS) is 21.6. The lowest BCUT2D eigenvalue weighted by molar-refractivity contribution is -0.384. The molecule has 88 valence electrons. The first kappa shape index (κ1) is 12.0. The second-order valence-corrected chi connectivity index (χ2v) is 5.31. The minimum atomic E-state index is -0.461. The predicted molar refractivity (Wildman–Crippen MR) is 69.6 cm³/mol. The fourth-order valence-corrected chi connectivity index (χ4v) is 2.56.